The van der Waals surface area contributed by atoms with Crippen LogP contribution in [-0.2, 0) is 25.5 Å². The van der Waals surface area contributed by atoms with Gasteiger partial charge in [-0.3, -0.25) is 0 Å². The maximum atomic E-state index is 13.5. The Morgan fingerprint density at radius 3 is 1.92 bits per heavy atom. The molecule has 0 unspecified atom stereocenters. The Labute approximate surface area is 211 Å². The van der Waals surface area contributed by atoms with E-state index in [9.17, 15) is 9.59 Å². The van der Waals surface area contributed by atoms with Crippen molar-refractivity contribution in [3.05, 3.63) is 149 Å². The van der Waals surface area contributed by atoms with Gasteiger partial charge in [0.2, 0.25) is 0 Å². The SMILES string of the molecule is COC(=O)C=C(C(C(=O)OC)=C(c1ccccc1)c1ccccc1C[c-]1cccc1)c1ccccc1. The molecule has 0 saturated carbocycles. The highest BCUT2D eigenvalue weighted by Crippen LogP contribution is 2.37. The summed E-state index contributed by atoms with van der Waals surface area (Å²) in [5.41, 5.74) is 6.04. The topological polar surface area (TPSA) is 52.6 Å². The van der Waals surface area contributed by atoms with E-state index in [0.29, 0.717) is 23.1 Å². The van der Waals surface area contributed by atoms with Gasteiger partial charge in [0.25, 0.3) is 0 Å². The molecule has 0 atom stereocenters. The number of rotatable bonds is 8. The Bertz CT molecular complexity index is 1380. The van der Waals surface area contributed by atoms with E-state index >= 15 is 0 Å². The molecule has 4 rings (SSSR count). The molecular formula is C32H27O4-. The number of carbonyl (C=O) groups excluding carboxylic acids is 2. The molecule has 0 aromatic heterocycles. The van der Waals surface area contributed by atoms with Gasteiger partial charge in [-0.1, -0.05) is 84.9 Å². The van der Waals surface area contributed by atoms with E-state index in [2.05, 4.69) is 18.2 Å². The van der Waals surface area contributed by atoms with Gasteiger partial charge >= 0.3 is 11.9 Å². The van der Waals surface area contributed by atoms with Gasteiger partial charge in [-0.25, -0.2) is 21.7 Å². The summed E-state index contributed by atoms with van der Waals surface area (Å²) in [7, 11) is 2.66. The average molecular weight is 476 g/mol. The quantitative estimate of drug-likeness (QED) is 0.131. The molecule has 0 heterocycles. The molecule has 180 valence electrons. The second-order valence-corrected chi connectivity index (χ2v) is 8.18. The van der Waals surface area contributed by atoms with Gasteiger partial charge in [-0.15, -0.1) is 0 Å². The zero-order valence-corrected chi connectivity index (χ0v) is 20.3. The second-order valence-electron chi connectivity index (χ2n) is 8.18. The molecule has 0 aliphatic rings. The van der Waals surface area contributed by atoms with Gasteiger partial charge in [0, 0.05) is 17.2 Å². The van der Waals surface area contributed by atoms with Crippen molar-refractivity contribution in [2.24, 2.45) is 0 Å². The summed E-state index contributed by atoms with van der Waals surface area (Å²) in [5, 5.41) is 0. The molecule has 0 spiro atoms. The largest absolute Gasteiger partial charge is 0.466 e. The third-order valence-corrected chi connectivity index (χ3v) is 5.93. The minimum Gasteiger partial charge on any atom is -0.466 e. The van der Waals surface area contributed by atoms with Crippen molar-refractivity contribution in [1.82, 2.24) is 0 Å². The number of benzene rings is 3. The normalized spacial score (nSPS) is 12.0. The lowest BCUT2D eigenvalue weighted by atomic mass is 9.84. The van der Waals surface area contributed by atoms with Crippen molar-refractivity contribution >= 4 is 23.1 Å². The highest BCUT2D eigenvalue weighted by atomic mass is 16.5. The van der Waals surface area contributed by atoms with Crippen molar-refractivity contribution in [3.8, 4) is 0 Å². The van der Waals surface area contributed by atoms with Crippen molar-refractivity contribution in [1.29, 1.82) is 0 Å². The summed E-state index contributed by atoms with van der Waals surface area (Å²) >= 11 is 0. The number of ether oxygens (including phenoxy) is 2. The molecule has 0 fully saturated rings. The molecule has 0 bridgehead atoms. The fourth-order valence-electron chi connectivity index (χ4n) is 4.25. The second kappa shape index (κ2) is 11.7. The molecule has 4 aromatic carbocycles. The summed E-state index contributed by atoms with van der Waals surface area (Å²) in [5.74, 6) is -1.11. The molecule has 4 aromatic rings. The van der Waals surface area contributed by atoms with Crippen LogP contribution in [0.15, 0.2) is 121 Å². The molecule has 0 aliphatic carbocycles. The van der Waals surface area contributed by atoms with E-state index in [0.717, 1.165) is 16.7 Å². The maximum Gasteiger partial charge on any atom is 0.339 e. The Morgan fingerprint density at radius 2 is 1.31 bits per heavy atom. The molecule has 0 aliphatic heterocycles. The number of hydrogen-bond donors (Lipinski definition) is 0. The number of hydrogen-bond acceptors (Lipinski definition) is 4. The van der Waals surface area contributed by atoms with Crippen molar-refractivity contribution < 1.29 is 19.1 Å². The van der Waals surface area contributed by atoms with E-state index < -0.39 is 11.9 Å². The molecule has 0 saturated heterocycles. The minimum absolute atomic E-state index is 0.287. The lowest BCUT2D eigenvalue weighted by molar-refractivity contribution is -0.135. The predicted molar refractivity (Wildman–Crippen MR) is 142 cm³/mol. The highest BCUT2D eigenvalue weighted by molar-refractivity contribution is 6.17. The zero-order valence-electron chi connectivity index (χ0n) is 20.3. The third kappa shape index (κ3) is 5.56. The summed E-state index contributed by atoms with van der Waals surface area (Å²) in [6, 6.07) is 35.2. The molecule has 0 amide bonds. The van der Waals surface area contributed by atoms with Crippen LogP contribution >= 0.6 is 0 Å². The minimum atomic E-state index is -0.562. The first-order valence-corrected chi connectivity index (χ1v) is 11.6. The molecule has 0 radical (unpaired) electrons. The van der Waals surface area contributed by atoms with E-state index in [4.69, 9.17) is 9.47 Å². The van der Waals surface area contributed by atoms with Gasteiger partial charge in [0.05, 0.1) is 19.8 Å². The Kier molecular flexibility index (Phi) is 7.99. The van der Waals surface area contributed by atoms with Crippen LogP contribution in [0.3, 0.4) is 0 Å². The van der Waals surface area contributed by atoms with Crippen LogP contribution in [0.25, 0.3) is 11.1 Å². The van der Waals surface area contributed by atoms with Crippen LogP contribution in [0.2, 0.25) is 0 Å². The first-order valence-electron chi connectivity index (χ1n) is 11.6. The first-order chi connectivity index (χ1) is 17.6. The Balaban J connectivity index is 2.09. The number of carbonyl (C=O) groups is 2. The van der Waals surface area contributed by atoms with Gasteiger partial charge in [0.1, 0.15) is 0 Å². The third-order valence-electron chi connectivity index (χ3n) is 5.93. The van der Waals surface area contributed by atoms with Gasteiger partial charge in [0.15, 0.2) is 0 Å². The Morgan fingerprint density at radius 1 is 0.722 bits per heavy atom. The van der Waals surface area contributed by atoms with Crippen LogP contribution in [-0.4, -0.2) is 26.2 Å². The summed E-state index contributed by atoms with van der Waals surface area (Å²) in [4.78, 5) is 26.1. The molecule has 4 nitrogen and oxygen atoms in total. The summed E-state index contributed by atoms with van der Waals surface area (Å²) < 4.78 is 10.3. The highest BCUT2D eigenvalue weighted by Gasteiger charge is 2.26. The van der Waals surface area contributed by atoms with Crippen molar-refractivity contribution in [2.75, 3.05) is 14.2 Å². The van der Waals surface area contributed by atoms with Crippen LogP contribution in [0.1, 0.15) is 27.8 Å². The number of methoxy groups -OCH3 is 2. The Hall–Kier alpha value is -4.57. The van der Waals surface area contributed by atoms with Gasteiger partial charge in [-0.05, 0) is 28.7 Å². The fourth-order valence-corrected chi connectivity index (χ4v) is 4.25. The average Bonchev–Trinajstić information content (AvgIpc) is 3.45. The predicted octanol–water partition coefficient (Wildman–Crippen LogP) is 6.23. The van der Waals surface area contributed by atoms with E-state index in [-0.39, 0.29) is 5.57 Å². The van der Waals surface area contributed by atoms with Crippen LogP contribution in [0.4, 0.5) is 0 Å². The summed E-state index contributed by atoms with van der Waals surface area (Å²) in [6.45, 7) is 0. The van der Waals surface area contributed by atoms with Gasteiger partial charge in [-0.2, -0.15) is 17.7 Å². The lowest BCUT2D eigenvalue weighted by Crippen LogP contribution is -2.13. The van der Waals surface area contributed by atoms with Crippen LogP contribution in [0, 0.1) is 0 Å². The van der Waals surface area contributed by atoms with E-state index in [1.54, 1.807) is 0 Å². The van der Waals surface area contributed by atoms with E-state index in [1.165, 1.54) is 25.9 Å². The van der Waals surface area contributed by atoms with Gasteiger partial charge < -0.3 is 9.47 Å². The monoisotopic (exact) mass is 475 g/mol. The molecular weight excluding hydrogens is 448 g/mol. The summed E-state index contributed by atoms with van der Waals surface area (Å²) in [6.07, 6.45) is 2.04. The van der Waals surface area contributed by atoms with Crippen LogP contribution in [0.5, 0.6) is 0 Å². The molecule has 4 heteroatoms. The number of esters is 2. The smallest absolute Gasteiger partial charge is 0.339 e. The molecule has 0 N–H and O–H groups in total. The lowest BCUT2D eigenvalue weighted by Gasteiger charge is -2.21. The molecule has 36 heavy (non-hydrogen) atoms. The van der Waals surface area contributed by atoms with Crippen LogP contribution < -0.4 is 0 Å². The maximum absolute atomic E-state index is 13.5. The fraction of sp³-hybridized carbons (Fsp3) is 0.0938. The van der Waals surface area contributed by atoms with Crippen molar-refractivity contribution in [3.63, 3.8) is 0 Å². The van der Waals surface area contributed by atoms with Crippen molar-refractivity contribution in [2.45, 2.75) is 6.42 Å². The first kappa shape index (κ1) is 24.6. The zero-order chi connectivity index (χ0) is 25.3. The standard InChI is InChI=1S/C32H27O4/c1-35-29(33)22-28(24-15-5-3-6-16-24)31(32(34)36-2)30(25-17-7-4-8-18-25)27-20-12-11-19-26(27)21-23-13-9-10-14-23/h3-20,22H,21H2,1-2H3/q-1. The van der Waals surface area contributed by atoms with E-state index in [1.807, 2.05) is 91.0 Å².